The summed E-state index contributed by atoms with van der Waals surface area (Å²) in [5.74, 6) is 1.08. The van der Waals surface area contributed by atoms with E-state index in [-0.39, 0.29) is 11.7 Å². The van der Waals surface area contributed by atoms with Gasteiger partial charge in [0.25, 0.3) is 0 Å². The van der Waals surface area contributed by atoms with Crippen LogP contribution < -0.4 is 0 Å². The fraction of sp³-hybridized carbons (Fsp3) is 0.625. The average Bonchev–Trinajstić information content (AvgIpc) is 1.83. The highest BCUT2D eigenvalue weighted by molar-refractivity contribution is 5.92. The molecule has 0 fully saturated rings. The van der Waals surface area contributed by atoms with E-state index in [0.29, 0.717) is 5.92 Å². The van der Waals surface area contributed by atoms with E-state index in [0.717, 1.165) is 6.42 Å². The lowest BCUT2D eigenvalue weighted by Crippen LogP contribution is -2.19. The Bertz CT molecular complexity index is 147. The molecular weight excluding hydrogens is 112 g/mol. The second kappa shape index (κ2) is 2.34. The van der Waals surface area contributed by atoms with Gasteiger partial charge in [0.1, 0.15) is 0 Å². The van der Waals surface area contributed by atoms with Crippen LogP contribution >= 0.6 is 0 Å². The van der Waals surface area contributed by atoms with E-state index in [1.165, 1.54) is 0 Å². The molecule has 0 N–H and O–H groups in total. The quantitative estimate of drug-likeness (QED) is 0.481. The first-order chi connectivity index (χ1) is 4.22. The van der Waals surface area contributed by atoms with Crippen molar-refractivity contribution >= 4 is 5.78 Å². The normalized spacial score (nSPS) is 35.1. The maximum atomic E-state index is 10.9. The molecule has 0 aromatic carbocycles. The summed E-state index contributed by atoms with van der Waals surface area (Å²) in [6.07, 6.45) is 4.73. The molecule has 0 saturated carbocycles. The summed E-state index contributed by atoms with van der Waals surface area (Å²) in [6.45, 7) is 4.11. The molecule has 50 valence electrons. The molecule has 0 saturated heterocycles. The highest BCUT2D eigenvalue weighted by atomic mass is 16.1. The number of carbonyl (C=O) groups excluding carboxylic acids is 1. The predicted molar refractivity (Wildman–Crippen MR) is 37.1 cm³/mol. The van der Waals surface area contributed by atoms with Crippen molar-refractivity contribution in [1.82, 2.24) is 0 Å². The van der Waals surface area contributed by atoms with Crippen LogP contribution in [-0.4, -0.2) is 5.78 Å². The van der Waals surface area contributed by atoms with E-state index in [4.69, 9.17) is 0 Å². The van der Waals surface area contributed by atoms with Crippen molar-refractivity contribution in [1.29, 1.82) is 0 Å². The first-order valence-corrected chi connectivity index (χ1v) is 3.42. The monoisotopic (exact) mass is 124 g/mol. The maximum absolute atomic E-state index is 10.9. The summed E-state index contributed by atoms with van der Waals surface area (Å²) >= 11 is 0. The molecule has 0 bridgehead atoms. The molecule has 1 aliphatic rings. The molecule has 0 radical (unpaired) electrons. The van der Waals surface area contributed by atoms with Gasteiger partial charge < -0.3 is 0 Å². The SMILES string of the molecule is C[C@@H]1CC=CC(=O)[C@H]1C. The third-order valence-electron chi connectivity index (χ3n) is 2.09. The molecule has 9 heavy (non-hydrogen) atoms. The van der Waals surface area contributed by atoms with E-state index in [1.807, 2.05) is 13.0 Å². The Hall–Kier alpha value is -0.590. The summed E-state index contributed by atoms with van der Waals surface area (Å²) in [7, 11) is 0. The van der Waals surface area contributed by atoms with Gasteiger partial charge in [-0.3, -0.25) is 4.79 Å². The lowest BCUT2D eigenvalue weighted by molar-refractivity contribution is -0.119. The molecule has 1 rings (SSSR count). The minimum absolute atomic E-state index is 0.245. The van der Waals surface area contributed by atoms with Crippen LogP contribution in [0.3, 0.4) is 0 Å². The van der Waals surface area contributed by atoms with Gasteiger partial charge >= 0.3 is 0 Å². The molecule has 1 aliphatic carbocycles. The number of ketones is 1. The minimum Gasteiger partial charge on any atom is -0.295 e. The smallest absolute Gasteiger partial charge is 0.158 e. The lowest BCUT2D eigenvalue weighted by Gasteiger charge is -2.18. The van der Waals surface area contributed by atoms with E-state index in [9.17, 15) is 4.79 Å². The van der Waals surface area contributed by atoms with E-state index >= 15 is 0 Å². The van der Waals surface area contributed by atoms with Crippen LogP contribution in [0.25, 0.3) is 0 Å². The van der Waals surface area contributed by atoms with Crippen LogP contribution in [0.4, 0.5) is 0 Å². The van der Waals surface area contributed by atoms with Crippen molar-refractivity contribution in [3.63, 3.8) is 0 Å². The zero-order chi connectivity index (χ0) is 6.85. The largest absolute Gasteiger partial charge is 0.295 e. The molecule has 0 spiro atoms. The van der Waals surface area contributed by atoms with Crippen LogP contribution in [0.1, 0.15) is 20.3 Å². The van der Waals surface area contributed by atoms with Crippen molar-refractivity contribution in [3.8, 4) is 0 Å². The predicted octanol–water partition coefficient (Wildman–Crippen LogP) is 1.79. The lowest BCUT2D eigenvalue weighted by atomic mass is 9.85. The molecule has 0 heterocycles. The first kappa shape index (κ1) is 6.53. The number of allylic oxidation sites excluding steroid dienone is 2. The van der Waals surface area contributed by atoms with E-state index in [2.05, 4.69) is 6.92 Å². The number of hydrogen-bond donors (Lipinski definition) is 0. The Morgan fingerprint density at radius 3 is 2.67 bits per heavy atom. The zero-order valence-electron chi connectivity index (χ0n) is 5.92. The molecule has 0 aliphatic heterocycles. The number of rotatable bonds is 0. The molecule has 1 heteroatoms. The van der Waals surface area contributed by atoms with Gasteiger partial charge in [-0.15, -0.1) is 0 Å². The summed E-state index contributed by atoms with van der Waals surface area (Å²) in [6, 6.07) is 0. The first-order valence-electron chi connectivity index (χ1n) is 3.42. The van der Waals surface area contributed by atoms with Gasteiger partial charge in [-0.25, -0.2) is 0 Å². The molecular formula is C8H12O. The number of carbonyl (C=O) groups is 1. The molecule has 0 unspecified atom stereocenters. The highest BCUT2D eigenvalue weighted by Crippen LogP contribution is 2.20. The van der Waals surface area contributed by atoms with Crippen molar-refractivity contribution < 1.29 is 4.79 Å². The molecule has 0 aromatic rings. The van der Waals surface area contributed by atoms with Gasteiger partial charge in [-0.05, 0) is 18.4 Å². The molecule has 0 amide bonds. The third-order valence-corrected chi connectivity index (χ3v) is 2.09. The minimum atomic E-state index is 0.245. The third kappa shape index (κ3) is 1.21. The van der Waals surface area contributed by atoms with Crippen LogP contribution in [-0.2, 0) is 4.79 Å². The Morgan fingerprint density at radius 2 is 2.22 bits per heavy atom. The zero-order valence-corrected chi connectivity index (χ0v) is 5.92. The van der Waals surface area contributed by atoms with Gasteiger partial charge in [0.15, 0.2) is 5.78 Å². The van der Waals surface area contributed by atoms with Crippen molar-refractivity contribution in [3.05, 3.63) is 12.2 Å². The van der Waals surface area contributed by atoms with Gasteiger partial charge in [0.05, 0.1) is 0 Å². The second-order valence-electron chi connectivity index (χ2n) is 2.81. The van der Waals surface area contributed by atoms with E-state index in [1.54, 1.807) is 6.08 Å². The average molecular weight is 124 g/mol. The Kier molecular flexibility index (Phi) is 1.70. The fourth-order valence-corrected chi connectivity index (χ4v) is 1.04. The molecule has 1 nitrogen and oxygen atoms in total. The van der Waals surface area contributed by atoms with Crippen LogP contribution in [0.2, 0.25) is 0 Å². The van der Waals surface area contributed by atoms with Crippen molar-refractivity contribution in [2.24, 2.45) is 11.8 Å². The summed E-state index contributed by atoms with van der Waals surface area (Å²) in [5.41, 5.74) is 0. The fourth-order valence-electron chi connectivity index (χ4n) is 1.04. The summed E-state index contributed by atoms with van der Waals surface area (Å²) < 4.78 is 0. The van der Waals surface area contributed by atoms with Crippen LogP contribution in [0.15, 0.2) is 12.2 Å². The Labute approximate surface area is 55.8 Å². The Morgan fingerprint density at radius 1 is 1.56 bits per heavy atom. The van der Waals surface area contributed by atoms with Gasteiger partial charge in [-0.1, -0.05) is 19.9 Å². The van der Waals surface area contributed by atoms with E-state index < -0.39 is 0 Å². The maximum Gasteiger partial charge on any atom is 0.158 e. The van der Waals surface area contributed by atoms with Gasteiger partial charge in [-0.2, -0.15) is 0 Å². The van der Waals surface area contributed by atoms with Crippen LogP contribution in [0.5, 0.6) is 0 Å². The Balaban J connectivity index is 2.69. The second-order valence-corrected chi connectivity index (χ2v) is 2.81. The van der Waals surface area contributed by atoms with Crippen molar-refractivity contribution in [2.45, 2.75) is 20.3 Å². The van der Waals surface area contributed by atoms with Gasteiger partial charge in [0, 0.05) is 5.92 Å². The summed E-state index contributed by atoms with van der Waals surface area (Å²) in [4.78, 5) is 10.9. The standard InChI is InChI=1S/C8H12O/c1-6-4-3-5-8(9)7(6)2/h3,5-7H,4H2,1-2H3/t6-,7+/m1/s1. The molecule has 0 aromatic heterocycles. The topological polar surface area (TPSA) is 17.1 Å². The van der Waals surface area contributed by atoms with Crippen molar-refractivity contribution in [2.75, 3.05) is 0 Å². The summed E-state index contributed by atoms with van der Waals surface area (Å²) in [5, 5.41) is 0. The van der Waals surface area contributed by atoms with Crippen LogP contribution in [0, 0.1) is 11.8 Å². The molecule has 2 atom stereocenters. The van der Waals surface area contributed by atoms with Gasteiger partial charge in [0.2, 0.25) is 0 Å². The highest BCUT2D eigenvalue weighted by Gasteiger charge is 2.19. The number of hydrogen-bond acceptors (Lipinski definition) is 1.